The number of carbonyl (C=O) groups excluding carboxylic acids is 1. The van der Waals surface area contributed by atoms with Crippen LogP contribution in [0.25, 0.3) is 5.69 Å². The average Bonchev–Trinajstić information content (AvgIpc) is 3.38. The third kappa shape index (κ3) is 4.20. The molecule has 0 spiro atoms. The van der Waals surface area contributed by atoms with Gasteiger partial charge in [-0.15, -0.1) is 0 Å². The first kappa shape index (κ1) is 21.1. The number of amides is 1. The normalized spacial score (nSPS) is 19.3. The summed E-state index contributed by atoms with van der Waals surface area (Å²) in [6.07, 6.45) is 4.22. The second-order valence-corrected chi connectivity index (χ2v) is 7.64. The molecule has 1 aliphatic heterocycles. The van der Waals surface area contributed by atoms with Crippen molar-refractivity contribution in [1.29, 1.82) is 0 Å². The Labute approximate surface area is 180 Å². The molecule has 31 heavy (non-hydrogen) atoms. The maximum Gasteiger partial charge on any atom is 0.229 e. The van der Waals surface area contributed by atoms with Crippen molar-refractivity contribution in [1.82, 2.24) is 24.8 Å². The molecule has 0 radical (unpaired) electrons. The first-order valence-electron chi connectivity index (χ1n) is 9.49. The summed E-state index contributed by atoms with van der Waals surface area (Å²) in [5.41, 5.74) is 1.09. The molecule has 0 saturated carbocycles. The van der Waals surface area contributed by atoms with Gasteiger partial charge in [-0.3, -0.25) is 9.18 Å². The molecule has 162 valence electrons. The second kappa shape index (κ2) is 8.54. The molecule has 3 heterocycles. The maximum absolute atomic E-state index is 14.3. The van der Waals surface area contributed by atoms with Crippen molar-refractivity contribution in [2.45, 2.75) is 18.9 Å². The number of hydrogen-bond donors (Lipinski definition) is 2. The van der Waals surface area contributed by atoms with Crippen molar-refractivity contribution >= 4 is 23.5 Å². The zero-order valence-electron chi connectivity index (χ0n) is 16.3. The summed E-state index contributed by atoms with van der Waals surface area (Å²) in [7, 11) is 0. The van der Waals surface area contributed by atoms with Crippen LogP contribution < -0.4 is 10.6 Å². The molecule has 1 amide bonds. The van der Waals surface area contributed by atoms with Gasteiger partial charge >= 0.3 is 0 Å². The molecule has 1 unspecified atom stereocenters. The van der Waals surface area contributed by atoms with Crippen LogP contribution in [-0.2, 0) is 4.79 Å². The van der Waals surface area contributed by atoms with Gasteiger partial charge in [0.1, 0.15) is 5.82 Å². The number of rotatable bonds is 6. The summed E-state index contributed by atoms with van der Waals surface area (Å²) >= 11 is 5.83. The minimum absolute atomic E-state index is 0.00584. The molecule has 0 bridgehead atoms. The second-order valence-electron chi connectivity index (χ2n) is 7.23. The number of anilines is 1. The summed E-state index contributed by atoms with van der Waals surface area (Å²) in [4.78, 5) is 24.4. The number of hydrogen-bond acceptors (Lipinski definition) is 5. The fourth-order valence-corrected chi connectivity index (χ4v) is 3.62. The molecule has 2 N–H and O–H groups in total. The van der Waals surface area contributed by atoms with E-state index in [-0.39, 0.29) is 29.3 Å². The Morgan fingerprint density at radius 1 is 1.32 bits per heavy atom. The topological polar surface area (TPSA) is 84.7 Å². The lowest BCUT2D eigenvalue weighted by Gasteiger charge is -2.16. The first-order valence-corrected chi connectivity index (χ1v) is 9.87. The predicted molar refractivity (Wildman–Crippen MR) is 108 cm³/mol. The molecule has 1 fully saturated rings. The Morgan fingerprint density at radius 2 is 2.13 bits per heavy atom. The molecule has 2 aromatic heterocycles. The Bertz CT molecular complexity index is 1120. The average molecular weight is 451 g/mol. The van der Waals surface area contributed by atoms with Crippen molar-refractivity contribution in [3.05, 3.63) is 65.0 Å². The van der Waals surface area contributed by atoms with E-state index in [1.165, 1.54) is 12.1 Å². The van der Waals surface area contributed by atoms with Crippen LogP contribution in [0.4, 0.5) is 19.1 Å². The number of carbonyl (C=O) groups is 1. The Hall–Kier alpha value is -3.14. The largest absolute Gasteiger partial charge is 0.355 e. The van der Waals surface area contributed by atoms with Crippen molar-refractivity contribution in [2.75, 3.05) is 18.5 Å². The highest BCUT2D eigenvalue weighted by Crippen LogP contribution is 2.31. The van der Waals surface area contributed by atoms with Gasteiger partial charge in [0.15, 0.2) is 5.82 Å². The van der Waals surface area contributed by atoms with E-state index >= 15 is 0 Å². The summed E-state index contributed by atoms with van der Waals surface area (Å²) < 4.78 is 42.6. The summed E-state index contributed by atoms with van der Waals surface area (Å²) in [5.74, 6) is -3.35. The molecule has 3 aromatic rings. The zero-order valence-corrected chi connectivity index (χ0v) is 17.1. The van der Waals surface area contributed by atoms with Crippen LogP contribution in [0, 0.1) is 17.6 Å². The van der Waals surface area contributed by atoms with E-state index in [4.69, 9.17) is 11.6 Å². The van der Waals surface area contributed by atoms with E-state index in [0.29, 0.717) is 11.4 Å². The Morgan fingerprint density at radius 3 is 2.87 bits per heavy atom. The lowest BCUT2D eigenvalue weighted by atomic mass is 9.93. The van der Waals surface area contributed by atoms with E-state index in [2.05, 4.69) is 25.6 Å². The third-order valence-corrected chi connectivity index (χ3v) is 5.44. The van der Waals surface area contributed by atoms with Crippen LogP contribution in [0.2, 0.25) is 5.02 Å². The van der Waals surface area contributed by atoms with E-state index in [0.717, 1.165) is 6.20 Å². The van der Waals surface area contributed by atoms with Crippen LogP contribution in [0.1, 0.15) is 30.3 Å². The quantitative estimate of drug-likeness (QED) is 0.600. The van der Waals surface area contributed by atoms with Gasteiger partial charge in [-0.25, -0.2) is 23.7 Å². The fourth-order valence-electron chi connectivity index (χ4n) is 3.45. The van der Waals surface area contributed by atoms with Gasteiger partial charge < -0.3 is 15.2 Å². The molecule has 1 saturated heterocycles. The van der Waals surface area contributed by atoms with Crippen LogP contribution in [-0.4, -0.2) is 38.6 Å². The van der Waals surface area contributed by atoms with Gasteiger partial charge in [-0.1, -0.05) is 11.6 Å². The molecular weight excluding hydrogens is 433 g/mol. The summed E-state index contributed by atoms with van der Waals surface area (Å²) in [5, 5.41) is 5.54. The van der Waals surface area contributed by atoms with E-state index < -0.39 is 36.1 Å². The summed E-state index contributed by atoms with van der Waals surface area (Å²) in [6.45, 7) is 1.16. The molecule has 1 aromatic carbocycles. The van der Waals surface area contributed by atoms with Gasteiger partial charge in [0.05, 0.1) is 47.6 Å². The van der Waals surface area contributed by atoms with E-state index in [1.807, 2.05) is 0 Å². The van der Waals surface area contributed by atoms with Crippen LogP contribution in [0.15, 0.2) is 36.9 Å². The van der Waals surface area contributed by atoms with E-state index in [1.54, 1.807) is 30.1 Å². The minimum Gasteiger partial charge on any atom is -0.355 e. The molecule has 7 nitrogen and oxygen atoms in total. The Balaban J connectivity index is 1.54. The highest BCUT2D eigenvalue weighted by molar-refractivity contribution is 6.30. The maximum atomic E-state index is 14.3. The molecule has 11 heteroatoms. The van der Waals surface area contributed by atoms with Crippen molar-refractivity contribution < 1.29 is 18.0 Å². The molecule has 4 rings (SSSR count). The number of imidazole rings is 1. The Kier molecular flexibility index (Phi) is 5.81. The van der Waals surface area contributed by atoms with Gasteiger partial charge in [-0.05, 0) is 25.1 Å². The van der Waals surface area contributed by atoms with E-state index in [9.17, 15) is 18.0 Å². The highest BCUT2D eigenvalue weighted by atomic mass is 35.5. The molecular formula is C20H18ClF3N6O. The minimum atomic E-state index is -1.01. The van der Waals surface area contributed by atoms with Gasteiger partial charge in [0.2, 0.25) is 11.9 Å². The van der Waals surface area contributed by atoms with Gasteiger partial charge in [0, 0.05) is 24.3 Å². The lowest BCUT2D eigenvalue weighted by Crippen LogP contribution is -2.22. The van der Waals surface area contributed by atoms with Crippen molar-refractivity contribution in [3.63, 3.8) is 0 Å². The zero-order chi connectivity index (χ0) is 22.1. The van der Waals surface area contributed by atoms with Crippen molar-refractivity contribution in [2.24, 2.45) is 5.92 Å². The van der Waals surface area contributed by atoms with Gasteiger partial charge in [-0.2, -0.15) is 0 Å². The number of halogens is 4. The SMILES string of the molecule is C[C@H](Nc1ncc(F)c([C@@H]2C(=O)NCC2CF)n1)c1cn(-c2ccc(F)c(Cl)c2)cn1. The molecule has 3 atom stereocenters. The number of nitrogens with zero attached hydrogens (tertiary/aromatic N) is 4. The number of aromatic nitrogens is 4. The number of nitrogens with one attached hydrogen (secondary N) is 2. The molecule has 1 aliphatic rings. The lowest BCUT2D eigenvalue weighted by molar-refractivity contribution is -0.120. The van der Waals surface area contributed by atoms with Gasteiger partial charge in [0.25, 0.3) is 0 Å². The third-order valence-electron chi connectivity index (χ3n) is 5.15. The standard InChI is InChI=1S/C20H18ClF3N6O/c1-10(16-8-30(9-27-16)12-2-3-14(23)13(21)4-12)28-20-26-7-15(24)18(29-20)17-11(5-22)6-25-19(17)31/h2-4,7-11,17H,5-6H2,1H3,(H,25,31)(H,26,28,29)/t10-,11?,17+/m0/s1. The van der Waals surface area contributed by atoms with Crippen LogP contribution in [0.5, 0.6) is 0 Å². The smallest absolute Gasteiger partial charge is 0.229 e. The number of benzene rings is 1. The number of alkyl halides is 1. The highest BCUT2D eigenvalue weighted by Gasteiger charge is 2.39. The molecule has 0 aliphatic carbocycles. The summed E-state index contributed by atoms with van der Waals surface area (Å²) in [6, 6.07) is 3.92. The predicted octanol–water partition coefficient (Wildman–Crippen LogP) is 3.57. The van der Waals surface area contributed by atoms with Crippen LogP contribution in [0.3, 0.4) is 0 Å². The van der Waals surface area contributed by atoms with Crippen molar-refractivity contribution in [3.8, 4) is 5.69 Å². The monoisotopic (exact) mass is 450 g/mol. The fraction of sp³-hybridized carbons (Fsp3) is 0.300. The van der Waals surface area contributed by atoms with Crippen LogP contribution >= 0.6 is 11.6 Å². The first-order chi connectivity index (χ1) is 14.9.